The molecular formula is C12H14F2N2O. The normalized spacial score (nSPS) is 12.0. The third-order valence-corrected chi connectivity index (χ3v) is 2.41. The first kappa shape index (κ1) is 13.4. The number of rotatable bonds is 4. The van der Waals surface area contributed by atoms with E-state index in [1.165, 1.54) is 11.9 Å². The van der Waals surface area contributed by atoms with E-state index < -0.39 is 18.2 Å². The Bertz CT molecular complexity index is 420. The second-order valence-electron chi connectivity index (χ2n) is 3.98. The van der Waals surface area contributed by atoms with Gasteiger partial charge in [-0.2, -0.15) is 5.26 Å². The van der Waals surface area contributed by atoms with Crippen LogP contribution >= 0.6 is 0 Å². The number of benzene rings is 1. The van der Waals surface area contributed by atoms with Gasteiger partial charge in [-0.15, -0.1) is 0 Å². The Kier molecular flexibility index (Phi) is 4.41. The van der Waals surface area contributed by atoms with Gasteiger partial charge in [-0.1, -0.05) is 0 Å². The molecule has 3 nitrogen and oxygen atoms in total. The zero-order chi connectivity index (χ0) is 13.0. The predicted octanol–water partition coefficient (Wildman–Crippen LogP) is 2.05. The second kappa shape index (κ2) is 5.60. The fourth-order valence-corrected chi connectivity index (χ4v) is 1.62. The van der Waals surface area contributed by atoms with E-state index in [1.807, 2.05) is 6.07 Å². The van der Waals surface area contributed by atoms with Gasteiger partial charge < -0.3 is 10.0 Å². The van der Waals surface area contributed by atoms with Crippen molar-refractivity contribution in [2.45, 2.75) is 13.5 Å². The lowest BCUT2D eigenvalue weighted by molar-refractivity contribution is 0.280. The van der Waals surface area contributed by atoms with Crippen LogP contribution in [0.2, 0.25) is 0 Å². The smallest absolute Gasteiger partial charge is 0.149 e. The number of hydrogen-bond donors (Lipinski definition) is 1. The van der Waals surface area contributed by atoms with Gasteiger partial charge in [0.2, 0.25) is 0 Å². The Morgan fingerprint density at radius 2 is 1.94 bits per heavy atom. The molecule has 0 amide bonds. The van der Waals surface area contributed by atoms with Crippen molar-refractivity contribution in [2.24, 2.45) is 5.92 Å². The van der Waals surface area contributed by atoms with Crippen molar-refractivity contribution in [3.63, 3.8) is 0 Å². The van der Waals surface area contributed by atoms with Gasteiger partial charge in [0.25, 0.3) is 0 Å². The molecule has 0 spiro atoms. The Hall–Kier alpha value is -1.67. The number of halogens is 2. The molecule has 1 atom stereocenters. The topological polar surface area (TPSA) is 47.3 Å². The molecule has 0 aliphatic heterocycles. The van der Waals surface area contributed by atoms with Crippen molar-refractivity contribution in [3.8, 4) is 6.07 Å². The van der Waals surface area contributed by atoms with Gasteiger partial charge in [0.15, 0.2) is 0 Å². The Morgan fingerprint density at radius 3 is 2.35 bits per heavy atom. The highest BCUT2D eigenvalue weighted by Crippen LogP contribution is 2.24. The molecule has 1 rings (SSSR count). The number of hydrogen-bond acceptors (Lipinski definition) is 3. The lowest BCUT2D eigenvalue weighted by Gasteiger charge is -2.22. The molecule has 17 heavy (non-hydrogen) atoms. The molecule has 0 bridgehead atoms. The highest BCUT2D eigenvalue weighted by molar-refractivity contribution is 5.50. The highest BCUT2D eigenvalue weighted by atomic mass is 19.1. The second-order valence-corrected chi connectivity index (χ2v) is 3.98. The molecule has 0 saturated heterocycles. The Balaban J connectivity index is 3.02. The minimum Gasteiger partial charge on any atom is -0.392 e. The molecular weight excluding hydrogens is 226 g/mol. The molecule has 1 unspecified atom stereocenters. The minimum absolute atomic E-state index is 0.177. The summed E-state index contributed by atoms with van der Waals surface area (Å²) in [6, 6.07) is 4.18. The maximum Gasteiger partial charge on any atom is 0.149 e. The zero-order valence-electron chi connectivity index (χ0n) is 9.74. The molecule has 0 fully saturated rings. The molecule has 0 aromatic heterocycles. The Morgan fingerprint density at radius 1 is 1.41 bits per heavy atom. The lowest BCUT2D eigenvalue weighted by atomic mass is 10.1. The van der Waals surface area contributed by atoms with E-state index in [-0.39, 0.29) is 23.7 Å². The summed E-state index contributed by atoms with van der Waals surface area (Å²) in [6.45, 7) is 1.50. The van der Waals surface area contributed by atoms with E-state index >= 15 is 0 Å². The fraction of sp³-hybridized carbons (Fsp3) is 0.417. The summed E-state index contributed by atoms with van der Waals surface area (Å²) >= 11 is 0. The summed E-state index contributed by atoms with van der Waals surface area (Å²) in [5.74, 6) is -1.79. The highest BCUT2D eigenvalue weighted by Gasteiger charge is 2.16. The SMILES string of the molecule is CC(C#N)CN(C)c1c(F)cc(CO)cc1F. The van der Waals surface area contributed by atoms with Crippen LogP contribution in [0.25, 0.3) is 0 Å². The van der Waals surface area contributed by atoms with Crippen LogP contribution in [0.5, 0.6) is 0 Å². The summed E-state index contributed by atoms with van der Waals surface area (Å²) < 4.78 is 27.3. The quantitative estimate of drug-likeness (QED) is 0.876. The standard InChI is InChI=1S/C12H14F2N2O/c1-8(5-15)6-16(2)12-10(13)3-9(7-17)4-11(12)14/h3-4,8,17H,6-7H2,1-2H3. The van der Waals surface area contributed by atoms with Gasteiger partial charge in [0.05, 0.1) is 18.6 Å². The monoisotopic (exact) mass is 240 g/mol. The lowest BCUT2D eigenvalue weighted by Crippen LogP contribution is -2.25. The van der Waals surface area contributed by atoms with Crippen molar-refractivity contribution >= 4 is 5.69 Å². The molecule has 1 aromatic rings. The largest absolute Gasteiger partial charge is 0.392 e. The zero-order valence-corrected chi connectivity index (χ0v) is 9.74. The number of nitrogens with zero attached hydrogens (tertiary/aromatic N) is 2. The van der Waals surface area contributed by atoms with E-state index in [2.05, 4.69) is 0 Å². The van der Waals surface area contributed by atoms with Crippen LogP contribution in [0.1, 0.15) is 12.5 Å². The first-order chi connectivity index (χ1) is 7.99. The Labute approximate surface area is 98.9 Å². The number of anilines is 1. The van der Waals surface area contributed by atoms with Crippen molar-refractivity contribution in [1.29, 1.82) is 5.26 Å². The number of aliphatic hydroxyl groups excluding tert-OH is 1. The molecule has 0 heterocycles. The van der Waals surface area contributed by atoms with E-state index in [9.17, 15) is 8.78 Å². The van der Waals surface area contributed by atoms with Gasteiger partial charge in [-0.3, -0.25) is 0 Å². The fourth-order valence-electron chi connectivity index (χ4n) is 1.62. The van der Waals surface area contributed by atoms with E-state index in [1.54, 1.807) is 6.92 Å². The van der Waals surface area contributed by atoms with E-state index in [0.717, 1.165) is 12.1 Å². The van der Waals surface area contributed by atoms with Crippen LogP contribution in [-0.2, 0) is 6.61 Å². The predicted molar refractivity (Wildman–Crippen MR) is 60.3 cm³/mol. The van der Waals surface area contributed by atoms with Gasteiger partial charge in [-0.25, -0.2) is 8.78 Å². The maximum atomic E-state index is 13.6. The van der Waals surface area contributed by atoms with Gasteiger partial charge in [0.1, 0.15) is 17.3 Å². The summed E-state index contributed by atoms with van der Waals surface area (Å²) in [7, 11) is 1.52. The molecule has 92 valence electrons. The molecule has 0 aliphatic rings. The van der Waals surface area contributed by atoms with E-state index in [0.29, 0.717) is 0 Å². The van der Waals surface area contributed by atoms with Crippen LogP contribution in [-0.4, -0.2) is 18.7 Å². The molecule has 0 radical (unpaired) electrons. The minimum atomic E-state index is -0.735. The maximum absolute atomic E-state index is 13.6. The third kappa shape index (κ3) is 3.14. The van der Waals surface area contributed by atoms with Crippen LogP contribution < -0.4 is 4.90 Å². The van der Waals surface area contributed by atoms with Crippen molar-refractivity contribution < 1.29 is 13.9 Å². The molecule has 0 aliphatic carbocycles. The van der Waals surface area contributed by atoms with Crippen LogP contribution in [0.15, 0.2) is 12.1 Å². The van der Waals surface area contributed by atoms with Crippen molar-refractivity contribution in [2.75, 3.05) is 18.5 Å². The summed E-state index contributed by atoms with van der Waals surface area (Å²) in [5, 5.41) is 17.5. The van der Waals surface area contributed by atoms with Gasteiger partial charge in [0, 0.05) is 13.6 Å². The molecule has 0 saturated carbocycles. The molecule has 5 heteroatoms. The van der Waals surface area contributed by atoms with E-state index in [4.69, 9.17) is 10.4 Å². The average Bonchev–Trinajstić information content (AvgIpc) is 2.27. The summed E-state index contributed by atoms with van der Waals surface area (Å²) in [5.41, 5.74) is 0.00906. The summed E-state index contributed by atoms with van der Waals surface area (Å²) in [6.07, 6.45) is 0. The van der Waals surface area contributed by atoms with Gasteiger partial charge in [-0.05, 0) is 24.6 Å². The number of nitriles is 1. The van der Waals surface area contributed by atoms with Crippen LogP contribution in [0, 0.1) is 28.9 Å². The molecule has 1 aromatic carbocycles. The van der Waals surface area contributed by atoms with Crippen molar-refractivity contribution in [3.05, 3.63) is 29.3 Å². The van der Waals surface area contributed by atoms with Gasteiger partial charge >= 0.3 is 0 Å². The van der Waals surface area contributed by atoms with Crippen LogP contribution in [0.3, 0.4) is 0 Å². The average molecular weight is 240 g/mol. The van der Waals surface area contributed by atoms with Crippen molar-refractivity contribution in [1.82, 2.24) is 0 Å². The first-order valence-electron chi connectivity index (χ1n) is 5.19. The third-order valence-electron chi connectivity index (χ3n) is 2.41. The first-order valence-corrected chi connectivity index (χ1v) is 5.19. The summed E-state index contributed by atoms with van der Waals surface area (Å²) in [4.78, 5) is 1.36. The molecule has 1 N–H and O–H groups in total. The van der Waals surface area contributed by atoms with Crippen LogP contribution in [0.4, 0.5) is 14.5 Å². The number of aliphatic hydroxyl groups is 1.